The molecule has 2 aromatic rings. The fourth-order valence-electron chi connectivity index (χ4n) is 2.00. The van der Waals surface area contributed by atoms with Gasteiger partial charge in [-0.3, -0.25) is 0 Å². The van der Waals surface area contributed by atoms with Gasteiger partial charge in [-0.2, -0.15) is 0 Å². The third-order valence-corrected chi connectivity index (χ3v) is 3.08. The second kappa shape index (κ2) is 5.67. The van der Waals surface area contributed by atoms with Crippen molar-refractivity contribution in [2.45, 2.75) is 26.2 Å². The number of benzene rings is 2. The fourth-order valence-corrected chi connectivity index (χ4v) is 2.00. The molecule has 0 radical (unpaired) electrons. The summed E-state index contributed by atoms with van der Waals surface area (Å²) in [5, 5.41) is 0. The summed E-state index contributed by atoms with van der Waals surface area (Å²) in [4.78, 5) is 0. The molecule has 0 saturated carbocycles. The van der Waals surface area contributed by atoms with Crippen LogP contribution in [0.4, 0.5) is 10.1 Å². The van der Waals surface area contributed by atoms with Crippen LogP contribution in [0.15, 0.2) is 42.5 Å². The quantitative estimate of drug-likeness (QED) is 0.790. The lowest BCUT2D eigenvalue weighted by atomic mass is 10.0. The molecule has 0 amide bonds. The zero-order valence-corrected chi connectivity index (χ0v) is 10.6. The maximum atomic E-state index is 13.8. The molecule has 0 unspecified atom stereocenters. The maximum absolute atomic E-state index is 13.8. The van der Waals surface area contributed by atoms with E-state index in [9.17, 15) is 4.39 Å². The molecular formula is C16H18FN. The molecule has 0 saturated heterocycles. The molecule has 0 atom stereocenters. The van der Waals surface area contributed by atoms with Gasteiger partial charge in [0, 0.05) is 11.3 Å². The maximum Gasteiger partial charge on any atom is 0.133 e. The van der Waals surface area contributed by atoms with Crippen LogP contribution < -0.4 is 5.73 Å². The Morgan fingerprint density at radius 1 is 1.06 bits per heavy atom. The average Bonchev–Trinajstić information content (AvgIpc) is 2.37. The van der Waals surface area contributed by atoms with E-state index in [1.807, 2.05) is 12.1 Å². The summed E-state index contributed by atoms with van der Waals surface area (Å²) in [6.45, 7) is 2.18. The van der Waals surface area contributed by atoms with Crippen molar-refractivity contribution < 1.29 is 4.39 Å². The van der Waals surface area contributed by atoms with Gasteiger partial charge in [-0.25, -0.2) is 4.39 Å². The Morgan fingerprint density at radius 3 is 2.39 bits per heavy atom. The Balaban J connectivity index is 2.23. The van der Waals surface area contributed by atoms with E-state index >= 15 is 0 Å². The second-order valence-corrected chi connectivity index (χ2v) is 4.54. The zero-order chi connectivity index (χ0) is 13.0. The summed E-state index contributed by atoms with van der Waals surface area (Å²) < 4.78 is 13.8. The average molecular weight is 243 g/mol. The van der Waals surface area contributed by atoms with Crippen LogP contribution in [0.1, 0.15) is 25.3 Å². The van der Waals surface area contributed by atoms with E-state index in [1.165, 1.54) is 24.5 Å². The highest BCUT2D eigenvalue weighted by Crippen LogP contribution is 2.25. The molecular weight excluding hydrogens is 225 g/mol. The van der Waals surface area contributed by atoms with Crippen molar-refractivity contribution in [3.05, 3.63) is 53.8 Å². The van der Waals surface area contributed by atoms with Gasteiger partial charge in [0.1, 0.15) is 5.82 Å². The Bertz CT molecular complexity index is 517. The minimum Gasteiger partial charge on any atom is -0.399 e. The minimum atomic E-state index is -0.267. The number of hydrogen-bond acceptors (Lipinski definition) is 1. The van der Waals surface area contributed by atoms with Crippen LogP contribution in [0.5, 0.6) is 0 Å². The Kier molecular flexibility index (Phi) is 3.98. The standard InChI is InChI=1S/C16H18FN/c1-2-3-4-12-5-7-13(8-6-12)15-10-9-14(18)11-16(15)17/h5-11H,2-4,18H2,1H3. The molecule has 2 aromatic carbocycles. The van der Waals surface area contributed by atoms with Gasteiger partial charge < -0.3 is 5.73 Å². The Labute approximate surface area is 107 Å². The zero-order valence-electron chi connectivity index (χ0n) is 10.6. The van der Waals surface area contributed by atoms with Gasteiger partial charge in [0.05, 0.1) is 0 Å². The van der Waals surface area contributed by atoms with Gasteiger partial charge in [-0.15, -0.1) is 0 Å². The predicted molar refractivity (Wildman–Crippen MR) is 74.9 cm³/mol. The van der Waals surface area contributed by atoms with Gasteiger partial charge in [0.25, 0.3) is 0 Å². The second-order valence-electron chi connectivity index (χ2n) is 4.54. The molecule has 0 bridgehead atoms. The lowest BCUT2D eigenvalue weighted by molar-refractivity contribution is 0.632. The van der Waals surface area contributed by atoms with Crippen molar-refractivity contribution in [1.29, 1.82) is 0 Å². The van der Waals surface area contributed by atoms with Crippen molar-refractivity contribution in [3.63, 3.8) is 0 Å². The number of aryl methyl sites for hydroxylation is 1. The number of rotatable bonds is 4. The molecule has 94 valence electrons. The predicted octanol–water partition coefficient (Wildman–Crippen LogP) is 4.42. The van der Waals surface area contributed by atoms with Crippen molar-refractivity contribution in [2.75, 3.05) is 5.73 Å². The number of halogens is 1. The topological polar surface area (TPSA) is 26.0 Å². The molecule has 0 aliphatic rings. The first-order valence-electron chi connectivity index (χ1n) is 6.35. The molecule has 2 heteroatoms. The molecule has 2 N–H and O–H groups in total. The Hall–Kier alpha value is -1.83. The minimum absolute atomic E-state index is 0.267. The highest BCUT2D eigenvalue weighted by atomic mass is 19.1. The summed E-state index contributed by atoms with van der Waals surface area (Å²) in [6, 6.07) is 12.9. The SMILES string of the molecule is CCCCc1ccc(-c2ccc(N)cc2F)cc1. The van der Waals surface area contributed by atoms with E-state index in [0.717, 1.165) is 12.0 Å². The molecule has 2 rings (SSSR count). The smallest absolute Gasteiger partial charge is 0.133 e. The third-order valence-electron chi connectivity index (χ3n) is 3.08. The normalized spacial score (nSPS) is 10.6. The van der Waals surface area contributed by atoms with Crippen LogP contribution in [-0.2, 0) is 6.42 Å². The molecule has 18 heavy (non-hydrogen) atoms. The van der Waals surface area contributed by atoms with Crippen molar-refractivity contribution in [1.82, 2.24) is 0 Å². The first kappa shape index (κ1) is 12.6. The van der Waals surface area contributed by atoms with Crippen LogP contribution >= 0.6 is 0 Å². The van der Waals surface area contributed by atoms with Gasteiger partial charge in [0.15, 0.2) is 0 Å². The highest BCUT2D eigenvalue weighted by Gasteiger charge is 2.05. The van der Waals surface area contributed by atoms with Crippen molar-refractivity contribution in [3.8, 4) is 11.1 Å². The van der Waals surface area contributed by atoms with Gasteiger partial charge in [-0.1, -0.05) is 37.6 Å². The lowest BCUT2D eigenvalue weighted by Gasteiger charge is -2.06. The molecule has 0 aliphatic heterocycles. The Morgan fingerprint density at radius 2 is 1.78 bits per heavy atom. The van der Waals surface area contributed by atoms with Crippen LogP contribution in [0.25, 0.3) is 11.1 Å². The summed E-state index contributed by atoms with van der Waals surface area (Å²) >= 11 is 0. The first-order valence-corrected chi connectivity index (χ1v) is 6.35. The van der Waals surface area contributed by atoms with E-state index in [-0.39, 0.29) is 5.82 Å². The number of unbranched alkanes of at least 4 members (excludes halogenated alkanes) is 1. The molecule has 0 aliphatic carbocycles. The monoisotopic (exact) mass is 243 g/mol. The fraction of sp³-hybridized carbons (Fsp3) is 0.250. The summed E-state index contributed by atoms with van der Waals surface area (Å²) in [6.07, 6.45) is 3.46. The van der Waals surface area contributed by atoms with Gasteiger partial charge >= 0.3 is 0 Å². The largest absolute Gasteiger partial charge is 0.399 e. The molecule has 0 spiro atoms. The van der Waals surface area contributed by atoms with Crippen LogP contribution in [0.3, 0.4) is 0 Å². The highest BCUT2D eigenvalue weighted by molar-refractivity contribution is 5.66. The summed E-state index contributed by atoms with van der Waals surface area (Å²) in [7, 11) is 0. The van der Waals surface area contributed by atoms with Crippen molar-refractivity contribution >= 4 is 5.69 Å². The molecule has 1 nitrogen and oxygen atoms in total. The molecule has 0 aromatic heterocycles. The van der Waals surface area contributed by atoms with E-state index in [2.05, 4.69) is 19.1 Å². The first-order chi connectivity index (χ1) is 8.70. The van der Waals surface area contributed by atoms with Gasteiger partial charge in [-0.05, 0) is 42.2 Å². The molecule has 0 fully saturated rings. The van der Waals surface area contributed by atoms with Crippen LogP contribution in [0.2, 0.25) is 0 Å². The van der Waals surface area contributed by atoms with Crippen molar-refractivity contribution in [2.24, 2.45) is 0 Å². The van der Waals surface area contributed by atoms with E-state index < -0.39 is 0 Å². The summed E-state index contributed by atoms with van der Waals surface area (Å²) in [5.74, 6) is -0.267. The number of hydrogen-bond donors (Lipinski definition) is 1. The third kappa shape index (κ3) is 2.89. The van der Waals surface area contributed by atoms with E-state index in [4.69, 9.17) is 5.73 Å². The van der Waals surface area contributed by atoms with E-state index in [1.54, 1.807) is 12.1 Å². The number of anilines is 1. The van der Waals surface area contributed by atoms with Crippen LogP contribution in [-0.4, -0.2) is 0 Å². The summed E-state index contributed by atoms with van der Waals surface area (Å²) in [5.41, 5.74) is 8.80. The van der Waals surface area contributed by atoms with Crippen LogP contribution in [0, 0.1) is 5.82 Å². The van der Waals surface area contributed by atoms with E-state index in [0.29, 0.717) is 11.3 Å². The van der Waals surface area contributed by atoms with Gasteiger partial charge in [0.2, 0.25) is 0 Å². The lowest BCUT2D eigenvalue weighted by Crippen LogP contribution is -1.90. The number of nitrogens with two attached hydrogens (primary N) is 1. The number of nitrogen functional groups attached to an aromatic ring is 1. The molecule has 0 heterocycles.